The van der Waals surface area contributed by atoms with Crippen molar-refractivity contribution in [1.29, 1.82) is 0 Å². The summed E-state index contributed by atoms with van der Waals surface area (Å²) in [5.41, 5.74) is 0.899. The Hall–Kier alpha value is -2.05. The molecule has 0 aliphatic rings. The van der Waals surface area contributed by atoms with E-state index in [0.29, 0.717) is 30.3 Å². The second-order valence-corrected chi connectivity index (χ2v) is 8.31. The zero-order chi connectivity index (χ0) is 21.9. The van der Waals surface area contributed by atoms with E-state index in [1.807, 2.05) is 31.2 Å². The lowest BCUT2D eigenvalue weighted by atomic mass is 10.1. The number of hydrogen-bond donors (Lipinski definition) is 1. The third-order valence-corrected chi connectivity index (χ3v) is 5.44. The number of nitrogens with zero attached hydrogens (tertiary/aromatic N) is 1. The number of carbonyl (C=O) groups excluding carboxylic acids is 2. The van der Waals surface area contributed by atoms with E-state index in [2.05, 4.69) is 28.2 Å². The van der Waals surface area contributed by atoms with E-state index >= 15 is 0 Å². The van der Waals surface area contributed by atoms with E-state index in [0.717, 1.165) is 22.9 Å². The van der Waals surface area contributed by atoms with Crippen LogP contribution in [0.1, 0.15) is 38.7 Å². The first-order chi connectivity index (χ1) is 14.4. The Labute approximate surface area is 191 Å². The van der Waals surface area contributed by atoms with Crippen molar-refractivity contribution in [2.75, 3.05) is 13.2 Å². The number of halogens is 2. The number of nitrogens with one attached hydrogen (secondary N) is 1. The standard InChI is InChI=1S/C23H28BrClN2O3/c1-3-5-14-26-23(29)21(4-2)27(15-17-6-10-19(25)11-7-17)22(28)16-30-20-12-8-18(24)9-13-20/h6-13,21H,3-5,14-16H2,1-2H3,(H,26,29)/t21-/m1/s1. The summed E-state index contributed by atoms with van der Waals surface area (Å²) in [6, 6.07) is 14.0. The quantitative estimate of drug-likeness (QED) is 0.436. The van der Waals surface area contributed by atoms with Crippen LogP contribution in [0.25, 0.3) is 0 Å². The molecule has 2 amide bonds. The summed E-state index contributed by atoms with van der Waals surface area (Å²) in [7, 11) is 0. The van der Waals surface area contributed by atoms with E-state index < -0.39 is 6.04 Å². The zero-order valence-corrected chi connectivity index (χ0v) is 19.7. The molecule has 2 aromatic carbocycles. The summed E-state index contributed by atoms with van der Waals surface area (Å²) in [4.78, 5) is 27.4. The van der Waals surface area contributed by atoms with Crippen molar-refractivity contribution < 1.29 is 14.3 Å². The summed E-state index contributed by atoms with van der Waals surface area (Å²) in [6.45, 7) is 4.73. The van der Waals surface area contributed by atoms with Gasteiger partial charge in [-0.2, -0.15) is 0 Å². The van der Waals surface area contributed by atoms with E-state index in [9.17, 15) is 9.59 Å². The van der Waals surface area contributed by atoms with Crippen LogP contribution in [-0.2, 0) is 16.1 Å². The van der Waals surface area contributed by atoms with Gasteiger partial charge in [-0.25, -0.2) is 0 Å². The van der Waals surface area contributed by atoms with Crippen LogP contribution in [-0.4, -0.2) is 35.9 Å². The molecule has 2 aromatic rings. The van der Waals surface area contributed by atoms with E-state index in [4.69, 9.17) is 16.3 Å². The molecule has 0 bridgehead atoms. The third-order valence-electron chi connectivity index (χ3n) is 4.66. The first-order valence-corrected chi connectivity index (χ1v) is 11.3. The molecule has 0 spiro atoms. The molecule has 0 fully saturated rings. The number of ether oxygens (including phenoxy) is 1. The van der Waals surface area contributed by atoms with Crippen molar-refractivity contribution >= 4 is 39.3 Å². The van der Waals surface area contributed by atoms with Crippen LogP contribution < -0.4 is 10.1 Å². The average molecular weight is 496 g/mol. The Morgan fingerprint density at radius 1 is 1.10 bits per heavy atom. The lowest BCUT2D eigenvalue weighted by molar-refractivity contribution is -0.143. The molecule has 5 nitrogen and oxygen atoms in total. The van der Waals surface area contributed by atoms with Crippen LogP contribution in [0.15, 0.2) is 53.0 Å². The molecule has 0 aliphatic heterocycles. The molecule has 0 radical (unpaired) electrons. The molecule has 0 heterocycles. The van der Waals surface area contributed by atoms with Gasteiger partial charge in [0.05, 0.1) is 0 Å². The number of rotatable bonds is 11. The molecule has 1 N–H and O–H groups in total. The summed E-state index contributed by atoms with van der Waals surface area (Å²) in [6.07, 6.45) is 2.40. The molecule has 2 rings (SSSR count). The fourth-order valence-electron chi connectivity index (χ4n) is 2.97. The van der Waals surface area contributed by atoms with Gasteiger partial charge in [0.25, 0.3) is 5.91 Å². The predicted molar refractivity (Wildman–Crippen MR) is 124 cm³/mol. The molecule has 0 saturated carbocycles. The number of benzene rings is 2. The highest BCUT2D eigenvalue weighted by molar-refractivity contribution is 9.10. The van der Waals surface area contributed by atoms with Gasteiger partial charge >= 0.3 is 0 Å². The van der Waals surface area contributed by atoms with E-state index in [1.165, 1.54) is 0 Å². The lowest BCUT2D eigenvalue weighted by Gasteiger charge is -2.30. The van der Waals surface area contributed by atoms with Gasteiger partial charge in [-0.05, 0) is 54.8 Å². The maximum absolute atomic E-state index is 13.1. The van der Waals surface area contributed by atoms with Crippen molar-refractivity contribution in [2.24, 2.45) is 0 Å². The number of amides is 2. The Balaban J connectivity index is 2.15. The van der Waals surface area contributed by atoms with Gasteiger partial charge in [-0.1, -0.05) is 59.9 Å². The summed E-state index contributed by atoms with van der Waals surface area (Å²) in [5, 5.41) is 3.57. The highest BCUT2D eigenvalue weighted by atomic mass is 79.9. The second-order valence-electron chi connectivity index (χ2n) is 6.96. The first kappa shape index (κ1) is 24.2. The maximum Gasteiger partial charge on any atom is 0.261 e. The molecule has 0 unspecified atom stereocenters. The van der Waals surface area contributed by atoms with Gasteiger partial charge in [-0.3, -0.25) is 9.59 Å². The van der Waals surface area contributed by atoms with Gasteiger partial charge in [-0.15, -0.1) is 0 Å². The Kier molecular flexibility index (Phi) is 10.2. The summed E-state index contributed by atoms with van der Waals surface area (Å²) in [5.74, 6) is 0.209. The molecule has 0 saturated heterocycles. The highest BCUT2D eigenvalue weighted by Gasteiger charge is 2.28. The molecule has 0 aliphatic carbocycles. The van der Waals surface area contributed by atoms with E-state index in [1.54, 1.807) is 29.2 Å². The summed E-state index contributed by atoms with van der Waals surface area (Å²) >= 11 is 9.36. The first-order valence-electron chi connectivity index (χ1n) is 10.1. The summed E-state index contributed by atoms with van der Waals surface area (Å²) < 4.78 is 6.60. The minimum atomic E-state index is -0.571. The smallest absolute Gasteiger partial charge is 0.261 e. The van der Waals surface area contributed by atoms with Gasteiger partial charge in [0.2, 0.25) is 5.91 Å². The van der Waals surface area contributed by atoms with Crippen molar-refractivity contribution in [1.82, 2.24) is 10.2 Å². The van der Waals surface area contributed by atoms with Gasteiger partial charge in [0, 0.05) is 22.6 Å². The third kappa shape index (κ3) is 7.65. The van der Waals surface area contributed by atoms with Crippen LogP contribution in [0.2, 0.25) is 5.02 Å². The number of unbranched alkanes of at least 4 members (excludes halogenated alkanes) is 1. The molecule has 30 heavy (non-hydrogen) atoms. The van der Waals surface area contributed by atoms with Crippen LogP contribution in [0.3, 0.4) is 0 Å². The van der Waals surface area contributed by atoms with E-state index in [-0.39, 0.29) is 18.4 Å². The Morgan fingerprint density at radius 2 is 1.77 bits per heavy atom. The average Bonchev–Trinajstić information content (AvgIpc) is 2.74. The predicted octanol–water partition coefficient (Wildman–Crippen LogP) is 5.21. The van der Waals surface area contributed by atoms with Crippen LogP contribution in [0, 0.1) is 0 Å². The normalized spacial score (nSPS) is 11.6. The van der Waals surface area contributed by atoms with Gasteiger partial charge in [0.1, 0.15) is 11.8 Å². The minimum absolute atomic E-state index is 0.142. The lowest BCUT2D eigenvalue weighted by Crippen LogP contribution is -2.50. The highest BCUT2D eigenvalue weighted by Crippen LogP contribution is 2.18. The van der Waals surface area contributed by atoms with Crippen LogP contribution in [0.4, 0.5) is 0 Å². The van der Waals surface area contributed by atoms with Gasteiger partial charge < -0.3 is 15.0 Å². The molecule has 1 atom stereocenters. The van der Waals surface area contributed by atoms with Crippen molar-refractivity contribution in [3.63, 3.8) is 0 Å². The number of carbonyl (C=O) groups is 2. The van der Waals surface area contributed by atoms with Gasteiger partial charge in [0.15, 0.2) is 6.61 Å². The van der Waals surface area contributed by atoms with Crippen LogP contribution >= 0.6 is 27.5 Å². The van der Waals surface area contributed by atoms with Crippen molar-refractivity contribution in [2.45, 2.75) is 45.7 Å². The maximum atomic E-state index is 13.1. The van der Waals surface area contributed by atoms with Crippen molar-refractivity contribution in [3.05, 3.63) is 63.6 Å². The monoisotopic (exact) mass is 494 g/mol. The Morgan fingerprint density at radius 3 is 2.37 bits per heavy atom. The zero-order valence-electron chi connectivity index (χ0n) is 17.4. The topological polar surface area (TPSA) is 58.6 Å². The number of hydrogen-bond acceptors (Lipinski definition) is 3. The SMILES string of the molecule is CCCCNC(=O)[C@@H](CC)N(Cc1ccc(Cl)cc1)C(=O)COc1ccc(Br)cc1. The fraction of sp³-hybridized carbons (Fsp3) is 0.391. The van der Waals surface area contributed by atoms with Crippen LogP contribution in [0.5, 0.6) is 5.75 Å². The molecule has 0 aromatic heterocycles. The fourth-order valence-corrected chi connectivity index (χ4v) is 3.36. The Bertz CT molecular complexity index is 812. The molecule has 162 valence electrons. The molecular formula is C23H28BrClN2O3. The molecule has 7 heteroatoms. The second kappa shape index (κ2) is 12.6. The molecular weight excluding hydrogens is 468 g/mol. The minimum Gasteiger partial charge on any atom is -0.484 e. The largest absolute Gasteiger partial charge is 0.484 e. The van der Waals surface area contributed by atoms with Crippen molar-refractivity contribution in [3.8, 4) is 5.75 Å².